The molecule has 1 aliphatic heterocycles. The van der Waals surface area contributed by atoms with Crippen molar-refractivity contribution in [2.24, 2.45) is 11.1 Å². The number of nitrogen functional groups attached to an aromatic ring is 1. The van der Waals surface area contributed by atoms with Crippen molar-refractivity contribution in [2.75, 3.05) is 57.6 Å². The number of amides is 2. The summed E-state index contributed by atoms with van der Waals surface area (Å²) in [6.45, 7) is 2.91. The lowest BCUT2D eigenvalue weighted by atomic mass is 9.87. The van der Waals surface area contributed by atoms with Crippen LogP contribution in [0.15, 0.2) is 12.7 Å². The summed E-state index contributed by atoms with van der Waals surface area (Å²) < 4.78 is 89.5. The monoisotopic (exact) mass is 990 g/mol. The maximum Gasteiger partial charge on any atom is 0.481 e. The highest BCUT2D eigenvalue weighted by Crippen LogP contribution is 2.61. The minimum Gasteiger partial charge on any atom is -0.386 e. The van der Waals surface area contributed by atoms with E-state index in [1.54, 1.807) is 13.8 Å². The largest absolute Gasteiger partial charge is 0.481 e. The molecule has 2 aromatic rings. The number of aliphatic hydroxyl groups is 2. The van der Waals surface area contributed by atoms with E-state index in [0.717, 1.165) is 29.0 Å². The fourth-order valence-corrected chi connectivity index (χ4v) is 9.77. The van der Waals surface area contributed by atoms with Crippen LogP contribution in [0.5, 0.6) is 0 Å². The Hall–Kier alpha value is -2.37. The van der Waals surface area contributed by atoms with Gasteiger partial charge in [0.25, 0.3) is 0 Å². The first-order valence-electron chi connectivity index (χ1n) is 18.1. The molecule has 34 heteroatoms. The molecule has 12 N–H and O–H groups in total. The van der Waals surface area contributed by atoms with Gasteiger partial charge in [0.1, 0.15) is 36.3 Å². The number of hydrogen-bond donors (Lipinski definition) is 10. The fourth-order valence-electron chi connectivity index (χ4n) is 5.06. The summed E-state index contributed by atoms with van der Waals surface area (Å²) in [5, 5.41) is 25.8. The van der Waals surface area contributed by atoms with Crippen molar-refractivity contribution in [3.05, 3.63) is 12.7 Å². The standard InChI is InChI=1S/C28H50N8O21P4S/c1-5-50-61(49,51-6-2)53-11-16(29)27(41)62-10-9-31-18(37)7-8-32-25(40)22(39)28(3,4)13-54-60(47,48)57-59(45,46)52-12-17-21(56-58(42,43)44)20(38)26(55-17)36-15-35-19-23(30)33-14-34-24(19)36/h14-17,20-22,26,38-39H,5-13,29H2,1-4H3,(H,31,37)(H,32,40)(H,45,46)(H,47,48)(H2,30,33,34)(H2,42,43,44). The Balaban J connectivity index is 1.43. The van der Waals surface area contributed by atoms with Crippen molar-refractivity contribution in [3.8, 4) is 0 Å². The number of phosphoric acid groups is 4. The number of hydrogen-bond acceptors (Lipinski definition) is 23. The first kappa shape index (κ1) is 54.0. The van der Waals surface area contributed by atoms with Crippen LogP contribution in [0.25, 0.3) is 11.2 Å². The van der Waals surface area contributed by atoms with Gasteiger partial charge in [-0.25, -0.2) is 33.2 Å². The maximum atomic E-state index is 12.7. The summed E-state index contributed by atoms with van der Waals surface area (Å²) in [6.07, 6.45) is -7.16. The minimum atomic E-state index is -5.60. The van der Waals surface area contributed by atoms with E-state index in [2.05, 4.69) is 34.4 Å². The number of phosphoric ester groups is 4. The van der Waals surface area contributed by atoms with E-state index < -0.39 is 110 Å². The number of fused-ring (bicyclic) bond motifs is 1. The van der Waals surface area contributed by atoms with Crippen molar-refractivity contribution in [2.45, 2.75) is 70.8 Å². The molecule has 2 amide bonds. The number of aliphatic hydroxyl groups excluding tert-OH is 2. The highest BCUT2D eigenvalue weighted by Gasteiger charge is 2.50. The first-order chi connectivity index (χ1) is 28.7. The molecular formula is C28H50N8O21P4S. The third-order valence-electron chi connectivity index (χ3n) is 8.04. The van der Waals surface area contributed by atoms with Crippen molar-refractivity contribution < 1.29 is 98.6 Å². The first-order valence-corrected chi connectivity index (χ1v) is 25.0. The van der Waals surface area contributed by atoms with Gasteiger partial charge in [0, 0.05) is 30.7 Å². The van der Waals surface area contributed by atoms with Gasteiger partial charge >= 0.3 is 31.3 Å². The number of nitrogens with one attached hydrogen (secondary N) is 2. The molecule has 3 rings (SSSR count). The second kappa shape index (κ2) is 23.2. The van der Waals surface area contributed by atoms with E-state index in [9.17, 15) is 62.4 Å². The number of nitrogens with zero attached hydrogens (tertiary/aromatic N) is 4. The number of carbonyl (C=O) groups excluding carboxylic acids is 3. The number of ether oxygens (including phenoxy) is 1. The van der Waals surface area contributed by atoms with E-state index in [1.807, 2.05) is 0 Å². The van der Waals surface area contributed by atoms with Gasteiger partial charge in [-0.1, -0.05) is 25.6 Å². The third kappa shape index (κ3) is 16.6. The molecule has 29 nitrogen and oxygen atoms in total. The molecule has 0 saturated carbocycles. The highest BCUT2D eigenvalue weighted by molar-refractivity contribution is 8.13. The molecule has 1 aliphatic rings. The summed E-state index contributed by atoms with van der Waals surface area (Å²) in [5.74, 6) is -1.52. The van der Waals surface area contributed by atoms with Crippen molar-refractivity contribution >= 4 is 77.0 Å². The molecule has 354 valence electrons. The van der Waals surface area contributed by atoms with Crippen LogP contribution in [0.4, 0.5) is 5.82 Å². The van der Waals surface area contributed by atoms with E-state index in [1.165, 1.54) is 13.8 Å². The molecule has 1 saturated heterocycles. The molecule has 0 spiro atoms. The zero-order valence-electron chi connectivity index (χ0n) is 33.4. The minimum absolute atomic E-state index is 0.0164. The summed E-state index contributed by atoms with van der Waals surface area (Å²) in [5.41, 5.74) is 9.96. The Labute approximate surface area is 357 Å². The lowest BCUT2D eigenvalue weighted by Gasteiger charge is -2.30. The normalized spacial score (nSPS) is 21.5. The van der Waals surface area contributed by atoms with Gasteiger partial charge in [0.05, 0.1) is 45.4 Å². The Kier molecular flexibility index (Phi) is 20.2. The number of aromatic nitrogens is 4. The zero-order valence-corrected chi connectivity index (χ0v) is 37.8. The number of carbonyl (C=O) groups is 3. The van der Waals surface area contributed by atoms with Crippen molar-refractivity contribution in [3.63, 3.8) is 0 Å². The van der Waals surface area contributed by atoms with Gasteiger partial charge in [-0.2, -0.15) is 4.31 Å². The molecule has 8 atom stereocenters. The Morgan fingerprint density at radius 3 is 2.24 bits per heavy atom. The van der Waals surface area contributed by atoms with Gasteiger partial charge in [-0.05, 0) is 13.8 Å². The molecule has 1 fully saturated rings. The van der Waals surface area contributed by atoms with Crippen LogP contribution in [0.1, 0.15) is 40.3 Å². The van der Waals surface area contributed by atoms with Crippen LogP contribution in [-0.2, 0) is 68.8 Å². The molecule has 0 aliphatic carbocycles. The van der Waals surface area contributed by atoms with Crippen LogP contribution in [0, 0.1) is 5.41 Å². The molecule has 0 aromatic carbocycles. The second-order valence-corrected chi connectivity index (χ2v) is 20.4. The van der Waals surface area contributed by atoms with Gasteiger partial charge in [-0.15, -0.1) is 0 Å². The number of nitrogens with two attached hydrogens (primary N) is 2. The molecule has 3 heterocycles. The molecule has 8 unspecified atom stereocenters. The van der Waals surface area contributed by atoms with Gasteiger partial charge in [0.2, 0.25) is 16.9 Å². The highest BCUT2D eigenvalue weighted by atomic mass is 32.2. The van der Waals surface area contributed by atoms with Gasteiger partial charge in [-0.3, -0.25) is 46.1 Å². The van der Waals surface area contributed by atoms with E-state index in [0.29, 0.717) is 0 Å². The number of imidazole rings is 1. The summed E-state index contributed by atoms with van der Waals surface area (Å²) >= 11 is 0.779. The molecule has 2 aromatic heterocycles. The zero-order chi connectivity index (χ0) is 46.7. The van der Waals surface area contributed by atoms with E-state index in [4.69, 9.17) is 38.8 Å². The number of anilines is 1. The lowest BCUT2D eigenvalue weighted by Crippen LogP contribution is -2.46. The van der Waals surface area contributed by atoms with Crippen molar-refractivity contribution in [1.29, 1.82) is 0 Å². The average molecular weight is 991 g/mol. The summed E-state index contributed by atoms with van der Waals surface area (Å²) in [6, 6.07) is -1.16. The number of rotatable bonds is 27. The Morgan fingerprint density at radius 1 is 0.968 bits per heavy atom. The van der Waals surface area contributed by atoms with Gasteiger partial charge in [0.15, 0.2) is 17.7 Å². The topological polar surface area (TPSA) is 434 Å². The van der Waals surface area contributed by atoms with Crippen LogP contribution < -0.4 is 22.1 Å². The van der Waals surface area contributed by atoms with Crippen LogP contribution in [-0.4, -0.2) is 149 Å². The Morgan fingerprint density at radius 2 is 1.61 bits per heavy atom. The van der Waals surface area contributed by atoms with Crippen LogP contribution >= 0.6 is 43.1 Å². The van der Waals surface area contributed by atoms with Crippen LogP contribution in [0.3, 0.4) is 0 Å². The third-order valence-corrected chi connectivity index (χ3v) is 13.7. The summed E-state index contributed by atoms with van der Waals surface area (Å²) in [7, 11) is -20.4. The lowest BCUT2D eigenvalue weighted by molar-refractivity contribution is -0.137. The average Bonchev–Trinajstić information content (AvgIpc) is 3.73. The quantitative estimate of drug-likeness (QED) is 0.0386. The van der Waals surface area contributed by atoms with Gasteiger partial charge < -0.3 is 56.6 Å². The van der Waals surface area contributed by atoms with E-state index >= 15 is 0 Å². The SMILES string of the molecule is CCOP(=O)(OCC)OCC(N)C(=O)SCCNC(=O)CCNC(=O)C(O)C(C)(C)COP(=O)(O)OP(=O)(O)OCC1OC(n2cnc3c(N)ncnc32)C(O)C1OP(=O)(O)O. The molecular weight excluding hydrogens is 940 g/mol. The summed E-state index contributed by atoms with van der Waals surface area (Å²) in [4.78, 5) is 88.1. The molecule has 0 radical (unpaired) electrons. The smallest absolute Gasteiger partial charge is 0.386 e. The predicted molar refractivity (Wildman–Crippen MR) is 212 cm³/mol. The number of thioether (sulfide) groups is 1. The Bertz CT molecular complexity index is 2040. The van der Waals surface area contributed by atoms with E-state index in [-0.39, 0.29) is 55.5 Å². The predicted octanol–water partition coefficient (Wildman–Crippen LogP) is -0.810. The maximum absolute atomic E-state index is 12.7. The second-order valence-electron chi connectivity index (χ2n) is 13.4. The fraction of sp³-hybridized carbons (Fsp3) is 0.714. The molecule has 0 bridgehead atoms. The van der Waals surface area contributed by atoms with Crippen LogP contribution in [0.2, 0.25) is 0 Å². The molecule has 62 heavy (non-hydrogen) atoms. The van der Waals surface area contributed by atoms with Crippen molar-refractivity contribution in [1.82, 2.24) is 30.2 Å².